The molecule has 0 aromatic carbocycles. The molecule has 1 heterocycles. The first-order chi connectivity index (χ1) is 8.68. The van der Waals surface area contributed by atoms with Gasteiger partial charge in [-0.15, -0.1) is 0 Å². The minimum absolute atomic E-state index is 0.0284. The highest BCUT2D eigenvalue weighted by Crippen LogP contribution is 2.40. The van der Waals surface area contributed by atoms with Crippen LogP contribution in [-0.4, -0.2) is 35.2 Å². The lowest BCUT2D eigenvalue weighted by Gasteiger charge is -2.25. The molecule has 0 amide bonds. The second-order valence-corrected chi connectivity index (χ2v) is 6.77. The molecular formula is C11H17N3O4S. The van der Waals surface area contributed by atoms with Crippen molar-refractivity contribution in [2.24, 2.45) is 5.92 Å². The van der Waals surface area contributed by atoms with Gasteiger partial charge in [0.25, 0.3) is 0 Å². The molecule has 1 aromatic rings. The normalized spacial score (nSPS) is 19.1. The van der Waals surface area contributed by atoms with E-state index >= 15 is 0 Å². The van der Waals surface area contributed by atoms with Gasteiger partial charge in [0.15, 0.2) is 0 Å². The Kier molecular flexibility index (Phi) is 3.18. The topological polar surface area (TPSA) is 112 Å². The van der Waals surface area contributed by atoms with Crippen molar-refractivity contribution >= 4 is 16.0 Å². The van der Waals surface area contributed by atoms with Crippen molar-refractivity contribution in [2.45, 2.75) is 44.0 Å². The fraction of sp³-hybridized carbons (Fsp3) is 0.636. The van der Waals surface area contributed by atoms with Crippen LogP contribution in [0.15, 0.2) is 4.90 Å². The number of carbonyl (C=O) groups is 1. The Labute approximate surface area is 111 Å². The first-order valence-corrected chi connectivity index (χ1v) is 7.45. The van der Waals surface area contributed by atoms with Crippen molar-refractivity contribution in [2.75, 3.05) is 0 Å². The zero-order chi connectivity index (χ0) is 14.4. The van der Waals surface area contributed by atoms with Gasteiger partial charge in [-0.25, -0.2) is 8.42 Å². The highest BCUT2D eigenvalue weighted by Gasteiger charge is 2.50. The molecule has 7 nitrogen and oxygen atoms in total. The average Bonchev–Trinajstić information content (AvgIpc) is 3.04. The quantitative estimate of drug-likeness (QED) is 0.732. The number of aryl methyl sites for hydroxylation is 2. The molecule has 1 aliphatic carbocycles. The third-order valence-corrected chi connectivity index (χ3v) is 5.35. The lowest BCUT2D eigenvalue weighted by molar-refractivity contribution is -0.144. The number of H-pyrrole nitrogens is 1. The molecule has 1 aliphatic rings. The summed E-state index contributed by atoms with van der Waals surface area (Å²) in [6.07, 6.45) is 1.43. The summed E-state index contributed by atoms with van der Waals surface area (Å²) in [5.41, 5.74) is -0.739. The van der Waals surface area contributed by atoms with Gasteiger partial charge in [0.2, 0.25) is 10.0 Å². The van der Waals surface area contributed by atoms with Crippen molar-refractivity contribution in [3.05, 3.63) is 11.4 Å². The van der Waals surface area contributed by atoms with E-state index in [4.69, 9.17) is 0 Å². The molecule has 0 aliphatic heterocycles. The number of carboxylic acid groups (broad SMARTS) is 1. The largest absolute Gasteiger partial charge is 0.480 e. The fourth-order valence-corrected chi connectivity index (χ4v) is 4.03. The van der Waals surface area contributed by atoms with Crippen molar-refractivity contribution < 1.29 is 18.3 Å². The van der Waals surface area contributed by atoms with Gasteiger partial charge in [-0.05, 0) is 39.5 Å². The van der Waals surface area contributed by atoms with Gasteiger partial charge >= 0.3 is 5.97 Å². The van der Waals surface area contributed by atoms with Crippen molar-refractivity contribution in [1.29, 1.82) is 0 Å². The van der Waals surface area contributed by atoms with Gasteiger partial charge in [-0.2, -0.15) is 9.82 Å². The summed E-state index contributed by atoms with van der Waals surface area (Å²) in [6.45, 7) is 4.56. The molecule has 1 atom stereocenters. The number of hydrogen-bond acceptors (Lipinski definition) is 4. The van der Waals surface area contributed by atoms with E-state index in [1.54, 1.807) is 13.8 Å². The van der Waals surface area contributed by atoms with Crippen LogP contribution >= 0.6 is 0 Å². The number of nitrogens with zero attached hydrogens (tertiary/aromatic N) is 1. The minimum atomic E-state index is -3.91. The van der Waals surface area contributed by atoms with Crippen LogP contribution in [-0.2, 0) is 14.8 Å². The molecule has 1 fully saturated rings. The highest BCUT2D eigenvalue weighted by molar-refractivity contribution is 7.89. The first-order valence-electron chi connectivity index (χ1n) is 5.97. The van der Waals surface area contributed by atoms with Gasteiger partial charge in [-0.3, -0.25) is 9.89 Å². The molecule has 0 bridgehead atoms. The maximum absolute atomic E-state index is 12.4. The Morgan fingerprint density at radius 3 is 2.42 bits per heavy atom. The maximum Gasteiger partial charge on any atom is 0.324 e. The lowest BCUT2D eigenvalue weighted by Crippen LogP contribution is -2.53. The molecule has 106 valence electrons. The third kappa shape index (κ3) is 2.37. The molecule has 3 N–H and O–H groups in total. The molecule has 2 rings (SSSR count). The van der Waals surface area contributed by atoms with Crippen LogP contribution in [0.3, 0.4) is 0 Å². The van der Waals surface area contributed by atoms with E-state index in [1.807, 2.05) is 0 Å². The Hall–Kier alpha value is -1.41. The third-order valence-electron chi connectivity index (χ3n) is 3.51. The molecule has 1 unspecified atom stereocenters. The van der Waals surface area contributed by atoms with Crippen molar-refractivity contribution in [3.8, 4) is 0 Å². The first kappa shape index (κ1) is 14.0. The second kappa shape index (κ2) is 4.31. The van der Waals surface area contributed by atoms with E-state index in [9.17, 15) is 18.3 Å². The SMILES string of the molecule is Cc1n[nH]c(C)c1S(=O)(=O)NC(C)(C(=O)O)C1CC1. The van der Waals surface area contributed by atoms with Crippen LogP contribution < -0.4 is 4.72 Å². The molecule has 8 heteroatoms. The lowest BCUT2D eigenvalue weighted by atomic mass is 9.98. The Morgan fingerprint density at radius 1 is 1.47 bits per heavy atom. The van der Waals surface area contributed by atoms with Gasteiger partial charge in [-0.1, -0.05) is 0 Å². The minimum Gasteiger partial charge on any atom is -0.480 e. The van der Waals surface area contributed by atoms with Crippen LogP contribution in [0.4, 0.5) is 0 Å². The number of nitrogens with one attached hydrogen (secondary N) is 2. The highest BCUT2D eigenvalue weighted by atomic mass is 32.2. The Balaban J connectivity index is 2.39. The number of rotatable bonds is 5. The summed E-state index contributed by atoms with van der Waals surface area (Å²) in [5, 5.41) is 15.7. The van der Waals surface area contributed by atoms with E-state index in [1.165, 1.54) is 6.92 Å². The van der Waals surface area contributed by atoms with E-state index in [0.29, 0.717) is 24.2 Å². The van der Waals surface area contributed by atoms with Gasteiger partial charge in [0, 0.05) is 0 Å². The van der Waals surface area contributed by atoms with Crippen molar-refractivity contribution in [3.63, 3.8) is 0 Å². The van der Waals surface area contributed by atoms with Crippen LogP contribution in [0.25, 0.3) is 0 Å². The predicted molar refractivity (Wildman–Crippen MR) is 67.1 cm³/mol. The standard InChI is InChI=1S/C11H17N3O4S/c1-6-9(7(2)13-12-6)19(17,18)14-11(3,10(15)16)8-4-5-8/h8,14H,4-5H2,1-3H3,(H,12,13)(H,15,16). The molecule has 1 aromatic heterocycles. The smallest absolute Gasteiger partial charge is 0.324 e. The fourth-order valence-electron chi connectivity index (χ4n) is 2.23. The molecule has 0 saturated heterocycles. The number of sulfonamides is 1. The zero-order valence-corrected chi connectivity index (χ0v) is 11.8. The number of aromatic amines is 1. The number of aromatic nitrogens is 2. The molecule has 0 radical (unpaired) electrons. The van der Waals surface area contributed by atoms with Gasteiger partial charge < -0.3 is 5.11 Å². The van der Waals surface area contributed by atoms with Crippen molar-refractivity contribution in [1.82, 2.24) is 14.9 Å². The monoisotopic (exact) mass is 287 g/mol. The summed E-state index contributed by atoms with van der Waals surface area (Å²) in [7, 11) is -3.91. The van der Waals surface area contributed by atoms with E-state index in [0.717, 1.165) is 0 Å². The molecule has 0 spiro atoms. The molecule has 1 saturated carbocycles. The molecular weight excluding hydrogens is 270 g/mol. The summed E-state index contributed by atoms with van der Waals surface area (Å²) in [4.78, 5) is 11.4. The van der Waals surface area contributed by atoms with Gasteiger partial charge in [0.1, 0.15) is 10.4 Å². The number of carboxylic acids is 1. The number of aliphatic carboxylic acids is 1. The summed E-state index contributed by atoms with van der Waals surface area (Å²) in [6, 6.07) is 0. The van der Waals surface area contributed by atoms with E-state index in [2.05, 4.69) is 14.9 Å². The molecule has 19 heavy (non-hydrogen) atoms. The summed E-state index contributed by atoms with van der Waals surface area (Å²) < 4.78 is 27.0. The van der Waals surface area contributed by atoms with Crippen LogP contribution in [0.2, 0.25) is 0 Å². The summed E-state index contributed by atoms with van der Waals surface area (Å²) >= 11 is 0. The van der Waals surface area contributed by atoms with Crippen LogP contribution in [0, 0.1) is 19.8 Å². The Bertz CT molecular complexity index is 598. The number of hydrogen-bond donors (Lipinski definition) is 3. The predicted octanol–water partition coefficient (Wildman–Crippen LogP) is 0.558. The Morgan fingerprint density at radius 2 is 2.05 bits per heavy atom. The zero-order valence-electron chi connectivity index (χ0n) is 11.0. The van der Waals surface area contributed by atoms with Crippen LogP contribution in [0.5, 0.6) is 0 Å². The summed E-state index contributed by atoms with van der Waals surface area (Å²) in [5.74, 6) is -1.32. The van der Waals surface area contributed by atoms with E-state index in [-0.39, 0.29) is 10.8 Å². The average molecular weight is 287 g/mol. The van der Waals surface area contributed by atoms with Gasteiger partial charge in [0.05, 0.1) is 11.4 Å². The maximum atomic E-state index is 12.4. The van der Waals surface area contributed by atoms with E-state index < -0.39 is 21.5 Å². The second-order valence-electron chi connectivity index (χ2n) is 5.15. The van der Waals surface area contributed by atoms with Crippen LogP contribution in [0.1, 0.15) is 31.2 Å².